The summed E-state index contributed by atoms with van der Waals surface area (Å²) in [4.78, 5) is 2.32. The predicted molar refractivity (Wildman–Crippen MR) is 63.5 cm³/mol. The second kappa shape index (κ2) is 5.50. The molecule has 0 amide bonds. The average molecular weight is 229 g/mol. The molecule has 1 heterocycles. The predicted octanol–water partition coefficient (Wildman–Crippen LogP) is 0.606. The van der Waals surface area contributed by atoms with Crippen molar-refractivity contribution in [2.45, 2.75) is 39.2 Å². The van der Waals surface area contributed by atoms with E-state index >= 15 is 0 Å². The maximum atomic E-state index is 9.38. The molecule has 1 aliphatic heterocycles. The van der Waals surface area contributed by atoms with Gasteiger partial charge in [0.05, 0.1) is 6.10 Å². The Labute approximate surface area is 96.9 Å². The van der Waals surface area contributed by atoms with Crippen LogP contribution in [0.5, 0.6) is 0 Å². The molecule has 0 unspecified atom stereocenters. The second-order valence-corrected chi connectivity index (χ2v) is 5.19. The summed E-state index contributed by atoms with van der Waals surface area (Å²) in [7, 11) is 0. The number of hydrogen-bond acceptors (Lipinski definition) is 4. The van der Waals surface area contributed by atoms with Crippen molar-refractivity contribution in [3.63, 3.8) is 0 Å². The Morgan fingerprint density at radius 1 is 1.44 bits per heavy atom. The van der Waals surface area contributed by atoms with Crippen molar-refractivity contribution in [1.82, 2.24) is 4.90 Å². The second-order valence-electron chi connectivity index (χ2n) is 5.19. The highest BCUT2D eigenvalue weighted by atomic mass is 16.4. The van der Waals surface area contributed by atoms with Crippen LogP contribution in [0.3, 0.4) is 0 Å². The molecule has 0 aliphatic carbocycles. The van der Waals surface area contributed by atoms with Gasteiger partial charge in [-0.3, -0.25) is 0 Å². The molecule has 1 fully saturated rings. The molecule has 0 atom stereocenters. The van der Waals surface area contributed by atoms with E-state index in [1.807, 2.05) is 13.8 Å². The number of nitrogens with two attached hydrogens (primary N) is 1. The van der Waals surface area contributed by atoms with Crippen LogP contribution in [0.4, 0.5) is 0 Å². The van der Waals surface area contributed by atoms with Crippen molar-refractivity contribution in [2.75, 3.05) is 19.6 Å². The number of hydrogen-bond donors (Lipinski definition) is 3. The lowest BCUT2D eigenvalue weighted by Crippen LogP contribution is -2.40. The number of aliphatic hydroxyl groups excluding tert-OH is 1. The minimum atomic E-state index is -0.273. The van der Waals surface area contributed by atoms with Gasteiger partial charge in [-0.25, -0.2) is 0 Å². The summed E-state index contributed by atoms with van der Waals surface area (Å²) >= 11 is 0. The lowest BCUT2D eigenvalue weighted by Gasteiger charge is -2.32. The molecular weight excluding hydrogens is 206 g/mol. The summed E-state index contributed by atoms with van der Waals surface area (Å²) in [5, 5.41) is 21.1. The van der Waals surface area contributed by atoms with Crippen LogP contribution in [0.1, 0.15) is 33.1 Å². The zero-order valence-corrected chi connectivity index (χ0v) is 10.2. The van der Waals surface area contributed by atoms with E-state index in [1.165, 1.54) is 0 Å². The van der Waals surface area contributed by atoms with Crippen LogP contribution in [0, 0.1) is 5.41 Å². The van der Waals surface area contributed by atoms with Gasteiger partial charge in [-0.05, 0) is 25.8 Å². The Morgan fingerprint density at radius 3 is 2.50 bits per heavy atom. The molecule has 1 rings (SSSR count). The Kier molecular flexibility index (Phi) is 4.56. The van der Waals surface area contributed by atoms with Gasteiger partial charge in [-0.1, -0.05) is 19.0 Å². The maximum Gasteiger partial charge on any atom is 0.144 e. The minimum absolute atomic E-state index is 0.131. The third-order valence-electron chi connectivity index (χ3n) is 3.41. The molecule has 1 saturated heterocycles. The highest BCUT2D eigenvalue weighted by Gasteiger charge is 2.25. The van der Waals surface area contributed by atoms with Gasteiger partial charge in [0.1, 0.15) is 5.84 Å². The van der Waals surface area contributed by atoms with Crippen LogP contribution in [-0.2, 0) is 0 Å². The molecule has 16 heavy (non-hydrogen) atoms. The number of oxime groups is 1. The maximum absolute atomic E-state index is 9.38. The molecule has 0 radical (unpaired) electrons. The van der Waals surface area contributed by atoms with E-state index < -0.39 is 0 Å². The topological polar surface area (TPSA) is 82.1 Å². The van der Waals surface area contributed by atoms with Crippen molar-refractivity contribution in [3.05, 3.63) is 0 Å². The van der Waals surface area contributed by atoms with Crippen LogP contribution < -0.4 is 5.73 Å². The molecule has 5 heteroatoms. The van der Waals surface area contributed by atoms with E-state index in [9.17, 15) is 5.11 Å². The van der Waals surface area contributed by atoms with Crippen LogP contribution in [0.15, 0.2) is 5.16 Å². The van der Waals surface area contributed by atoms with Gasteiger partial charge < -0.3 is 20.9 Å². The number of piperidine rings is 1. The number of amidine groups is 1. The summed E-state index contributed by atoms with van der Waals surface area (Å²) < 4.78 is 0. The first kappa shape index (κ1) is 13.3. The van der Waals surface area contributed by atoms with E-state index in [2.05, 4.69) is 10.1 Å². The van der Waals surface area contributed by atoms with E-state index in [1.54, 1.807) is 0 Å². The Bertz CT molecular complexity index is 246. The van der Waals surface area contributed by atoms with Crippen LogP contribution in [0.25, 0.3) is 0 Å². The molecule has 0 aromatic heterocycles. The fourth-order valence-corrected chi connectivity index (χ4v) is 1.84. The SMILES string of the molecule is CC(C)(CCN1CCC(O)CC1)C(N)=NO. The van der Waals surface area contributed by atoms with Gasteiger partial charge in [0.25, 0.3) is 0 Å². The fraction of sp³-hybridized carbons (Fsp3) is 0.909. The average Bonchev–Trinajstić information content (AvgIpc) is 2.27. The van der Waals surface area contributed by atoms with Crippen molar-refractivity contribution >= 4 is 5.84 Å². The first-order chi connectivity index (χ1) is 7.45. The molecule has 0 aromatic rings. The fourth-order valence-electron chi connectivity index (χ4n) is 1.84. The minimum Gasteiger partial charge on any atom is -0.409 e. The highest BCUT2D eigenvalue weighted by molar-refractivity contribution is 5.85. The molecule has 0 spiro atoms. The van der Waals surface area contributed by atoms with Crippen molar-refractivity contribution in [3.8, 4) is 0 Å². The zero-order valence-electron chi connectivity index (χ0n) is 10.2. The lowest BCUT2D eigenvalue weighted by atomic mass is 9.87. The third-order valence-corrected chi connectivity index (χ3v) is 3.41. The number of rotatable bonds is 4. The van der Waals surface area contributed by atoms with E-state index in [0.717, 1.165) is 38.9 Å². The van der Waals surface area contributed by atoms with Gasteiger partial charge in [-0.15, -0.1) is 0 Å². The Balaban J connectivity index is 2.34. The standard InChI is InChI=1S/C11H23N3O2/c1-11(2,10(12)13-16)5-8-14-6-3-9(15)4-7-14/h9,15-16H,3-8H2,1-2H3,(H2,12,13). The summed E-state index contributed by atoms with van der Waals surface area (Å²) in [6.45, 7) is 6.75. The third kappa shape index (κ3) is 3.64. The zero-order chi connectivity index (χ0) is 12.2. The van der Waals surface area contributed by atoms with Crippen LogP contribution in [-0.4, -0.2) is 46.8 Å². The molecule has 0 saturated carbocycles. The highest BCUT2D eigenvalue weighted by Crippen LogP contribution is 2.22. The molecule has 5 nitrogen and oxygen atoms in total. The van der Waals surface area contributed by atoms with Crippen molar-refractivity contribution in [2.24, 2.45) is 16.3 Å². The van der Waals surface area contributed by atoms with Crippen LogP contribution >= 0.6 is 0 Å². The number of likely N-dealkylation sites (tertiary alicyclic amines) is 1. The molecular formula is C11H23N3O2. The molecule has 4 N–H and O–H groups in total. The van der Waals surface area contributed by atoms with Gasteiger partial charge in [0, 0.05) is 18.5 Å². The first-order valence-electron chi connectivity index (χ1n) is 5.84. The van der Waals surface area contributed by atoms with Crippen molar-refractivity contribution in [1.29, 1.82) is 0 Å². The number of aliphatic hydroxyl groups is 1. The van der Waals surface area contributed by atoms with Crippen molar-refractivity contribution < 1.29 is 10.3 Å². The lowest BCUT2D eigenvalue weighted by molar-refractivity contribution is 0.0790. The quantitative estimate of drug-likeness (QED) is 0.285. The van der Waals surface area contributed by atoms with E-state index in [0.29, 0.717) is 0 Å². The summed E-state index contributed by atoms with van der Waals surface area (Å²) in [6, 6.07) is 0. The first-order valence-corrected chi connectivity index (χ1v) is 5.84. The summed E-state index contributed by atoms with van der Waals surface area (Å²) in [5.74, 6) is 0.282. The Hall–Kier alpha value is -0.810. The largest absolute Gasteiger partial charge is 0.409 e. The van der Waals surface area contributed by atoms with E-state index in [-0.39, 0.29) is 17.4 Å². The summed E-state index contributed by atoms with van der Waals surface area (Å²) in [6.07, 6.45) is 2.43. The van der Waals surface area contributed by atoms with Gasteiger partial charge in [-0.2, -0.15) is 0 Å². The van der Waals surface area contributed by atoms with Gasteiger partial charge in [0.15, 0.2) is 0 Å². The molecule has 0 bridgehead atoms. The number of nitrogens with zero attached hydrogens (tertiary/aromatic N) is 2. The smallest absolute Gasteiger partial charge is 0.144 e. The molecule has 94 valence electrons. The van der Waals surface area contributed by atoms with Gasteiger partial charge >= 0.3 is 0 Å². The van der Waals surface area contributed by atoms with Gasteiger partial charge in [0.2, 0.25) is 0 Å². The monoisotopic (exact) mass is 229 g/mol. The summed E-state index contributed by atoms with van der Waals surface area (Å²) in [5.41, 5.74) is 5.36. The van der Waals surface area contributed by atoms with E-state index in [4.69, 9.17) is 10.9 Å². The molecule has 0 aromatic carbocycles. The normalized spacial score (nSPS) is 21.3. The van der Waals surface area contributed by atoms with Crippen LogP contribution in [0.2, 0.25) is 0 Å². The Morgan fingerprint density at radius 2 is 2.00 bits per heavy atom. The molecule has 1 aliphatic rings.